The Balaban J connectivity index is 1.94. The van der Waals surface area contributed by atoms with E-state index in [0.29, 0.717) is 0 Å². The van der Waals surface area contributed by atoms with Crippen molar-refractivity contribution in [1.82, 2.24) is 0 Å². The summed E-state index contributed by atoms with van der Waals surface area (Å²) in [7, 11) is -4.53. The maximum Gasteiger partial charge on any atom is 0.339 e. The van der Waals surface area contributed by atoms with Crippen molar-refractivity contribution in [1.29, 1.82) is 0 Å². The molecule has 4 aromatic carbocycles. The van der Waals surface area contributed by atoms with E-state index >= 15 is 0 Å². The lowest BCUT2D eigenvalue weighted by atomic mass is 10.2. The van der Waals surface area contributed by atoms with Crippen molar-refractivity contribution in [3.8, 4) is 23.0 Å². The number of carboxylic acid groups (broad SMARTS) is 2. The molecule has 35 heavy (non-hydrogen) atoms. The van der Waals surface area contributed by atoms with E-state index in [4.69, 9.17) is 9.47 Å². The Morgan fingerprint density at radius 1 is 0.543 bits per heavy atom. The lowest BCUT2D eigenvalue weighted by Gasteiger charge is -2.17. The Morgan fingerprint density at radius 2 is 0.914 bits per heavy atom. The maximum atomic E-state index is 13.9. The van der Waals surface area contributed by atoms with Crippen LogP contribution in [-0.4, -0.2) is 30.6 Å². The molecule has 0 spiro atoms. The summed E-state index contributed by atoms with van der Waals surface area (Å²) < 4.78 is 39.2. The van der Waals surface area contributed by atoms with E-state index < -0.39 is 43.1 Å². The molecule has 2 N–H and O–H groups in total. The number of rotatable bonds is 8. The Bertz CT molecular complexity index is 1390. The molecule has 0 radical (unpaired) electrons. The van der Waals surface area contributed by atoms with Crippen LogP contribution in [0, 0.1) is 0 Å². The van der Waals surface area contributed by atoms with Gasteiger partial charge in [0, 0.05) is 0 Å². The van der Waals surface area contributed by atoms with Crippen LogP contribution < -0.4 is 9.47 Å². The van der Waals surface area contributed by atoms with Gasteiger partial charge in [0.1, 0.15) is 32.4 Å². The summed E-state index contributed by atoms with van der Waals surface area (Å²) in [6, 6.07) is 23.6. The highest BCUT2D eigenvalue weighted by molar-refractivity contribution is 7.91. The van der Waals surface area contributed by atoms with Crippen molar-refractivity contribution < 1.29 is 37.7 Å². The lowest BCUT2D eigenvalue weighted by molar-refractivity contribution is 0.0682. The van der Waals surface area contributed by atoms with Crippen molar-refractivity contribution in [2.45, 2.75) is 9.79 Å². The van der Waals surface area contributed by atoms with Gasteiger partial charge in [-0.15, -0.1) is 0 Å². The highest BCUT2D eigenvalue weighted by atomic mass is 32.2. The Labute approximate surface area is 200 Å². The molecule has 0 unspecified atom stereocenters. The second-order valence-corrected chi connectivity index (χ2v) is 9.10. The van der Waals surface area contributed by atoms with Gasteiger partial charge in [-0.3, -0.25) is 0 Å². The average Bonchev–Trinajstić information content (AvgIpc) is 2.85. The molecular formula is C26H18O8S. The first-order valence-corrected chi connectivity index (χ1v) is 11.7. The van der Waals surface area contributed by atoms with E-state index in [1.165, 1.54) is 36.4 Å². The van der Waals surface area contributed by atoms with Crippen LogP contribution in [0.15, 0.2) is 107 Å². The van der Waals surface area contributed by atoms with Gasteiger partial charge in [-0.25, -0.2) is 18.0 Å². The largest absolute Gasteiger partial charge is 0.478 e. The monoisotopic (exact) mass is 490 g/mol. The zero-order chi connectivity index (χ0) is 25.0. The van der Waals surface area contributed by atoms with Crippen LogP contribution in [0.25, 0.3) is 0 Å². The number of sulfone groups is 1. The number of para-hydroxylation sites is 4. The molecule has 8 nitrogen and oxygen atoms in total. The molecule has 0 saturated heterocycles. The first-order chi connectivity index (χ1) is 16.8. The van der Waals surface area contributed by atoms with Crippen molar-refractivity contribution >= 4 is 21.8 Å². The molecule has 0 aliphatic carbocycles. The minimum absolute atomic E-state index is 0.220. The standard InChI is InChI=1S/C26H18O8S/c27-25(28)19-13-7-15-21(23(19)33-17-9-3-1-4-10-17)35(31,32)22-16-8-14-20(26(29)30)24(22)34-18-11-5-2-6-12-18/h1-16H,(H,27,28)(H,29,30). The van der Waals surface area contributed by atoms with Gasteiger partial charge in [0.2, 0.25) is 9.84 Å². The molecule has 0 aromatic heterocycles. The van der Waals surface area contributed by atoms with E-state index in [-0.39, 0.29) is 22.6 Å². The topological polar surface area (TPSA) is 127 Å². The molecule has 0 heterocycles. The van der Waals surface area contributed by atoms with Gasteiger partial charge in [-0.1, -0.05) is 48.5 Å². The van der Waals surface area contributed by atoms with Gasteiger partial charge in [0.25, 0.3) is 0 Å². The zero-order valence-corrected chi connectivity index (χ0v) is 18.8. The van der Waals surface area contributed by atoms with Gasteiger partial charge in [-0.05, 0) is 48.5 Å². The molecule has 0 saturated carbocycles. The number of aromatic carboxylic acids is 2. The van der Waals surface area contributed by atoms with Crippen molar-refractivity contribution in [2.24, 2.45) is 0 Å². The molecule has 0 aliphatic heterocycles. The second kappa shape index (κ2) is 9.70. The van der Waals surface area contributed by atoms with Gasteiger partial charge >= 0.3 is 11.9 Å². The summed E-state index contributed by atoms with van der Waals surface area (Å²) >= 11 is 0. The van der Waals surface area contributed by atoms with Gasteiger partial charge in [0.05, 0.1) is 0 Å². The summed E-state index contributed by atoms with van der Waals surface area (Å²) in [6.45, 7) is 0. The first-order valence-electron chi connectivity index (χ1n) is 10.2. The fourth-order valence-corrected chi connectivity index (χ4v) is 4.88. The third-order valence-electron chi connectivity index (χ3n) is 4.92. The minimum Gasteiger partial charge on any atom is -0.478 e. The highest BCUT2D eigenvalue weighted by Crippen LogP contribution is 2.40. The molecule has 4 aromatic rings. The fourth-order valence-electron chi connectivity index (χ4n) is 3.33. The summed E-state index contributed by atoms with van der Waals surface area (Å²) in [6.07, 6.45) is 0. The van der Waals surface area contributed by atoms with Gasteiger partial charge < -0.3 is 19.7 Å². The van der Waals surface area contributed by atoms with Crippen molar-refractivity contribution in [3.05, 3.63) is 108 Å². The minimum atomic E-state index is -4.53. The summed E-state index contributed by atoms with van der Waals surface area (Å²) in [4.78, 5) is 22.9. The third-order valence-corrected chi connectivity index (χ3v) is 6.72. The number of hydrogen-bond acceptors (Lipinski definition) is 6. The van der Waals surface area contributed by atoms with Crippen molar-refractivity contribution in [2.75, 3.05) is 0 Å². The number of carbonyl (C=O) groups is 2. The third kappa shape index (κ3) is 4.85. The molecule has 0 bridgehead atoms. The predicted molar refractivity (Wildman–Crippen MR) is 125 cm³/mol. The number of carboxylic acids is 2. The predicted octanol–water partition coefficient (Wildman–Crippen LogP) is 5.50. The van der Waals surface area contributed by atoms with Crippen LogP contribution in [-0.2, 0) is 9.84 Å². The van der Waals surface area contributed by atoms with E-state index in [2.05, 4.69) is 0 Å². The van der Waals surface area contributed by atoms with Crippen LogP contribution in [0.1, 0.15) is 20.7 Å². The summed E-state index contributed by atoms with van der Waals surface area (Å²) in [5.74, 6) is -3.16. The molecule has 0 amide bonds. The molecule has 176 valence electrons. The first kappa shape index (κ1) is 23.5. The van der Waals surface area contributed by atoms with E-state index in [1.54, 1.807) is 60.7 Å². The van der Waals surface area contributed by atoms with E-state index in [1.807, 2.05) is 0 Å². The zero-order valence-electron chi connectivity index (χ0n) is 18.0. The summed E-state index contributed by atoms with van der Waals surface area (Å²) in [5, 5.41) is 19.4. The molecule has 0 fully saturated rings. The molecule has 9 heteroatoms. The Kier molecular flexibility index (Phi) is 6.52. The molecular weight excluding hydrogens is 472 g/mol. The van der Waals surface area contributed by atoms with E-state index in [9.17, 15) is 28.2 Å². The van der Waals surface area contributed by atoms with Gasteiger partial charge in [0.15, 0.2) is 11.5 Å². The van der Waals surface area contributed by atoms with Gasteiger partial charge in [-0.2, -0.15) is 0 Å². The molecule has 0 atom stereocenters. The molecule has 4 rings (SSSR count). The molecule has 0 aliphatic rings. The van der Waals surface area contributed by atoms with Crippen LogP contribution >= 0.6 is 0 Å². The summed E-state index contributed by atoms with van der Waals surface area (Å²) in [5.41, 5.74) is -0.760. The maximum absolute atomic E-state index is 13.9. The number of benzene rings is 4. The Hall–Kier alpha value is -4.63. The van der Waals surface area contributed by atoms with Crippen LogP contribution in [0.5, 0.6) is 23.0 Å². The van der Waals surface area contributed by atoms with Crippen LogP contribution in [0.3, 0.4) is 0 Å². The van der Waals surface area contributed by atoms with Crippen LogP contribution in [0.2, 0.25) is 0 Å². The van der Waals surface area contributed by atoms with E-state index in [0.717, 1.165) is 0 Å². The average molecular weight is 490 g/mol. The number of ether oxygens (including phenoxy) is 2. The smallest absolute Gasteiger partial charge is 0.339 e. The normalized spacial score (nSPS) is 11.0. The van der Waals surface area contributed by atoms with Crippen molar-refractivity contribution in [3.63, 3.8) is 0 Å². The fraction of sp³-hybridized carbons (Fsp3) is 0. The highest BCUT2D eigenvalue weighted by Gasteiger charge is 2.32. The Morgan fingerprint density at radius 3 is 1.26 bits per heavy atom. The van der Waals surface area contributed by atoms with Crippen LogP contribution in [0.4, 0.5) is 0 Å². The quantitative estimate of drug-likeness (QED) is 0.331. The number of hydrogen-bond donors (Lipinski definition) is 2. The lowest BCUT2D eigenvalue weighted by Crippen LogP contribution is -2.11. The SMILES string of the molecule is O=C(O)c1cccc(S(=O)(=O)c2cccc(C(=O)O)c2Oc2ccccc2)c1Oc1ccccc1. The second-order valence-electron chi connectivity index (χ2n) is 7.21.